The van der Waals surface area contributed by atoms with E-state index in [-0.39, 0.29) is 6.54 Å². The second kappa shape index (κ2) is 11.4. The zero-order valence-electron chi connectivity index (χ0n) is 16.8. The number of anilines is 3. The molecule has 0 fully saturated rings. The number of carbonyl (C=O) groups is 2. The molecule has 0 saturated carbocycles. The van der Waals surface area contributed by atoms with Crippen molar-refractivity contribution in [1.29, 1.82) is 0 Å². The average molecular weight is 394 g/mol. The van der Waals surface area contributed by atoms with Crippen LogP contribution in [0.3, 0.4) is 0 Å². The Balaban J connectivity index is 0.000000687. The molecule has 8 heteroatoms. The van der Waals surface area contributed by atoms with Gasteiger partial charge in [0.2, 0.25) is 0 Å². The molecular weight excluding hydrogens is 368 g/mol. The van der Waals surface area contributed by atoms with E-state index in [1.807, 2.05) is 44.4 Å². The Labute approximate surface area is 170 Å². The molecular formula is C21H26N6O2. The molecule has 2 aromatic heterocycles. The smallest absolute Gasteiger partial charge is 0.153 e. The minimum Gasteiger partial charge on any atom is -0.363 e. The van der Waals surface area contributed by atoms with Gasteiger partial charge in [0.05, 0.1) is 29.0 Å². The molecule has 0 unspecified atom stereocenters. The number of benzene rings is 1. The van der Waals surface area contributed by atoms with Crippen molar-refractivity contribution in [3.8, 4) is 0 Å². The van der Waals surface area contributed by atoms with Gasteiger partial charge in [-0.25, -0.2) is 4.98 Å². The lowest BCUT2D eigenvalue weighted by molar-refractivity contribution is -0.106. The summed E-state index contributed by atoms with van der Waals surface area (Å²) in [6.45, 7) is 3.30. The highest BCUT2D eigenvalue weighted by Gasteiger charge is 2.13. The Morgan fingerprint density at radius 1 is 1.10 bits per heavy atom. The third-order valence-corrected chi connectivity index (χ3v) is 4.01. The van der Waals surface area contributed by atoms with Gasteiger partial charge in [-0.3, -0.25) is 20.2 Å². The minimum atomic E-state index is 0.159. The van der Waals surface area contributed by atoms with E-state index >= 15 is 0 Å². The molecule has 0 amide bonds. The molecule has 1 aromatic carbocycles. The van der Waals surface area contributed by atoms with Crippen LogP contribution in [0.5, 0.6) is 0 Å². The van der Waals surface area contributed by atoms with Crippen molar-refractivity contribution < 1.29 is 9.59 Å². The first-order valence-corrected chi connectivity index (χ1v) is 9.27. The zero-order chi connectivity index (χ0) is 21.1. The minimum absolute atomic E-state index is 0.159. The maximum Gasteiger partial charge on any atom is 0.153 e. The summed E-state index contributed by atoms with van der Waals surface area (Å²) in [5.41, 5.74) is 6.28. The first-order valence-electron chi connectivity index (χ1n) is 9.27. The molecule has 29 heavy (non-hydrogen) atoms. The van der Waals surface area contributed by atoms with Gasteiger partial charge in [0.25, 0.3) is 0 Å². The SMILES string of the molecule is CCNC.CN(Nc1c(C=O)cnc2ccc(NCC=O)nc12)c1ccccc1. The molecule has 3 rings (SSSR count). The van der Waals surface area contributed by atoms with Gasteiger partial charge in [0, 0.05) is 13.2 Å². The maximum atomic E-state index is 11.5. The van der Waals surface area contributed by atoms with Crippen molar-refractivity contribution in [2.24, 2.45) is 0 Å². The van der Waals surface area contributed by atoms with E-state index in [4.69, 9.17) is 0 Å². The lowest BCUT2D eigenvalue weighted by Gasteiger charge is -2.23. The van der Waals surface area contributed by atoms with Gasteiger partial charge in [0.15, 0.2) is 6.29 Å². The van der Waals surface area contributed by atoms with E-state index < -0.39 is 0 Å². The number of rotatable bonds is 8. The Hall–Kier alpha value is -3.52. The lowest BCUT2D eigenvalue weighted by Crippen LogP contribution is -2.25. The molecule has 0 aliphatic heterocycles. The van der Waals surface area contributed by atoms with Crippen molar-refractivity contribution >= 4 is 40.8 Å². The number of nitrogens with zero attached hydrogens (tertiary/aromatic N) is 3. The van der Waals surface area contributed by atoms with Gasteiger partial charge in [-0.15, -0.1) is 0 Å². The number of hydrogen-bond donors (Lipinski definition) is 3. The fraction of sp³-hybridized carbons (Fsp3) is 0.238. The number of pyridine rings is 2. The fourth-order valence-electron chi connectivity index (χ4n) is 2.42. The highest BCUT2D eigenvalue weighted by atomic mass is 16.1. The zero-order valence-corrected chi connectivity index (χ0v) is 16.8. The van der Waals surface area contributed by atoms with Gasteiger partial charge in [-0.1, -0.05) is 25.1 Å². The Bertz CT molecular complexity index is 931. The summed E-state index contributed by atoms with van der Waals surface area (Å²) >= 11 is 0. The quantitative estimate of drug-likeness (QED) is 0.396. The first kappa shape index (κ1) is 21.8. The molecule has 0 spiro atoms. The van der Waals surface area contributed by atoms with Crippen molar-refractivity contribution in [3.05, 3.63) is 54.2 Å². The van der Waals surface area contributed by atoms with E-state index in [0.717, 1.165) is 24.8 Å². The van der Waals surface area contributed by atoms with E-state index in [1.54, 1.807) is 17.1 Å². The summed E-state index contributed by atoms with van der Waals surface area (Å²) in [6.07, 6.45) is 3.01. The topological polar surface area (TPSA) is 99.2 Å². The predicted molar refractivity (Wildman–Crippen MR) is 118 cm³/mol. The van der Waals surface area contributed by atoms with E-state index in [9.17, 15) is 9.59 Å². The molecule has 152 valence electrons. The maximum absolute atomic E-state index is 11.5. The van der Waals surface area contributed by atoms with Gasteiger partial charge < -0.3 is 15.4 Å². The summed E-state index contributed by atoms with van der Waals surface area (Å²) in [7, 11) is 3.78. The van der Waals surface area contributed by atoms with Crippen LogP contribution in [0, 0.1) is 0 Å². The number of hydrogen-bond acceptors (Lipinski definition) is 8. The van der Waals surface area contributed by atoms with Crippen LogP contribution in [0.4, 0.5) is 17.2 Å². The van der Waals surface area contributed by atoms with Gasteiger partial charge >= 0.3 is 0 Å². The highest BCUT2D eigenvalue weighted by Crippen LogP contribution is 2.26. The summed E-state index contributed by atoms with van der Waals surface area (Å²) in [5.74, 6) is 0.537. The number of nitrogens with one attached hydrogen (secondary N) is 3. The molecule has 0 atom stereocenters. The van der Waals surface area contributed by atoms with Crippen LogP contribution < -0.4 is 21.1 Å². The monoisotopic (exact) mass is 394 g/mol. The molecule has 2 heterocycles. The Kier molecular flexibility index (Phi) is 8.52. The number of fused-ring (bicyclic) bond motifs is 1. The standard InChI is InChI=1S/C18H17N5O2.C3H9N/c1-23(14-5-3-2-4-6-14)22-17-13(12-25)11-20-15-7-8-16(19-9-10-24)21-18(15)17;1-3-4-2/h2-8,10-12H,9H2,1H3,(H,19,21)(H,20,22);4H,3H2,1-2H3. The Morgan fingerprint density at radius 2 is 1.83 bits per heavy atom. The number of aromatic nitrogens is 2. The third kappa shape index (κ3) is 5.98. The molecule has 3 N–H and O–H groups in total. The summed E-state index contributed by atoms with van der Waals surface area (Å²) < 4.78 is 0. The summed E-state index contributed by atoms with van der Waals surface area (Å²) in [6, 6.07) is 13.2. The average Bonchev–Trinajstić information content (AvgIpc) is 2.78. The van der Waals surface area contributed by atoms with Crippen LogP contribution in [0.15, 0.2) is 48.7 Å². The normalized spacial score (nSPS) is 9.90. The number of carbonyl (C=O) groups excluding carboxylic acids is 2. The van der Waals surface area contributed by atoms with Crippen LogP contribution in [-0.4, -0.2) is 49.7 Å². The van der Waals surface area contributed by atoms with Crippen LogP contribution in [0.1, 0.15) is 17.3 Å². The molecule has 0 radical (unpaired) electrons. The van der Waals surface area contributed by atoms with Crippen LogP contribution in [0.25, 0.3) is 11.0 Å². The molecule has 0 bridgehead atoms. The molecule has 0 saturated heterocycles. The van der Waals surface area contributed by atoms with Crippen LogP contribution in [0.2, 0.25) is 0 Å². The van der Waals surface area contributed by atoms with Crippen LogP contribution >= 0.6 is 0 Å². The van der Waals surface area contributed by atoms with Crippen molar-refractivity contribution in [1.82, 2.24) is 15.3 Å². The van der Waals surface area contributed by atoms with Gasteiger partial charge in [-0.2, -0.15) is 0 Å². The third-order valence-electron chi connectivity index (χ3n) is 4.01. The molecule has 0 aliphatic carbocycles. The van der Waals surface area contributed by atoms with E-state index in [0.29, 0.717) is 28.1 Å². The number of hydrazine groups is 1. The Morgan fingerprint density at radius 3 is 2.45 bits per heavy atom. The van der Waals surface area contributed by atoms with E-state index in [2.05, 4.69) is 33.0 Å². The van der Waals surface area contributed by atoms with E-state index in [1.165, 1.54) is 6.20 Å². The molecule has 0 aliphatic rings. The molecule has 8 nitrogen and oxygen atoms in total. The highest BCUT2D eigenvalue weighted by molar-refractivity contribution is 5.98. The van der Waals surface area contributed by atoms with Crippen molar-refractivity contribution in [2.45, 2.75) is 6.92 Å². The van der Waals surface area contributed by atoms with Crippen molar-refractivity contribution in [2.75, 3.05) is 42.9 Å². The largest absolute Gasteiger partial charge is 0.363 e. The first-order chi connectivity index (χ1) is 14.1. The molecule has 3 aromatic rings. The number of para-hydroxylation sites is 1. The second-order valence-corrected chi connectivity index (χ2v) is 6.03. The summed E-state index contributed by atoms with van der Waals surface area (Å²) in [5, 5.41) is 7.63. The predicted octanol–water partition coefficient (Wildman–Crippen LogP) is 2.74. The van der Waals surface area contributed by atoms with Crippen molar-refractivity contribution in [3.63, 3.8) is 0 Å². The summed E-state index contributed by atoms with van der Waals surface area (Å²) in [4.78, 5) is 30.8. The fourth-order valence-corrected chi connectivity index (χ4v) is 2.42. The van der Waals surface area contributed by atoms with Gasteiger partial charge in [-0.05, 0) is 37.9 Å². The van der Waals surface area contributed by atoms with Gasteiger partial charge in [0.1, 0.15) is 17.6 Å². The lowest BCUT2D eigenvalue weighted by atomic mass is 10.2. The van der Waals surface area contributed by atoms with Crippen LogP contribution in [-0.2, 0) is 4.79 Å². The second-order valence-electron chi connectivity index (χ2n) is 6.03. The number of aldehydes is 2.